The third-order valence-electron chi connectivity index (χ3n) is 3.81. The van der Waals surface area contributed by atoms with Crippen LogP contribution in [0.5, 0.6) is 0 Å². The standard InChI is InChI=1S/C15H26N4O8/c1-3-7(2)12(16)14(25)17-5-10(21)18-9(6-20)13(24)19-8(15(26)27)4-11(22)23/h7-9,12,20H,3-6,16H2,1-2H3,(H,17,25)(H,18,21)(H,19,24)(H,22,23)(H,26,27). The van der Waals surface area contributed by atoms with E-state index in [1.165, 1.54) is 0 Å². The minimum Gasteiger partial charge on any atom is -0.481 e. The van der Waals surface area contributed by atoms with Gasteiger partial charge in [-0.2, -0.15) is 0 Å². The zero-order valence-corrected chi connectivity index (χ0v) is 15.1. The first kappa shape index (κ1) is 24.3. The van der Waals surface area contributed by atoms with Crippen LogP contribution in [0.3, 0.4) is 0 Å². The maximum Gasteiger partial charge on any atom is 0.326 e. The Morgan fingerprint density at radius 1 is 1.00 bits per heavy atom. The van der Waals surface area contributed by atoms with Gasteiger partial charge in [0.1, 0.15) is 12.1 Å². The van der Waals surface area contributed by atoms with Gasteiger partial charge >= 0.3 is 11.9 Å². The average Bonchev–Trinajstić information content (AvgIpc) is 2.61. The van der Waals surface area contributed by atoms with E-state index in [4.69, 9.17) is 15.9 Å². The van der Waals surface area contributed by atoms with E-state index < -0.39 is 67.4 Å². The number of carbonyl (C=O) groups is 5. The Morgan fingerprint density at radius 2 is 1.59 bits per heavy atom. The summed E-state index contributed by atoms with van der Waals surface area (Å²) in [6.45, 7) is 2.25. The minimum atomic E-state index is -1.73. The zero-order valence-electron chi connectivity index (χ0n) is 15.1. The van der Waals surface area contributed by atoms with E-state index in [-0.39, 0.29) is 5.92 Å². The monoisotopic (exact) mass is 390 g/mol. The van der Waals surface area contributed by atoms with Crippen LogP contribution in [0, 0.1) is 5.92 Å². The van der Waals surface area contributed by atoms with Crippen molar-refractivity contribution in [3.05, 3.63) is 0 Å². The van der Waals surface area contributed by atoms with Crippen molar-refractivity contribution < 1.29 is 39.3 Å². The average molecular weight is 390 g/mol. The van der Waals surface area contributed by atoms with Gasteiger partial charge in [-0.05, 0) is 5.92 Å². The van der Waals surface area contributed by atoms with Crippen LogP contribution in [-0.4, -0.2) is 76.3 Å². The molecule has 154 valence electrons. The summed E-state index contributed by atoms with van der Waals surface area (Å²) in [6, 6.07) is -4.06. The highest BCUT2D eigenvalue weighted by Gasteiger charge is 2.28. The molecule has 0 aliphatic carbocycles. The summed E-state index contributed by atoms with van der Waals surface area (Å²) < 4.78 is 0. The van der Waals surface area contributed by atoms with Gasteiger partial charge in [-0.3, -0.25) is 19.2 Å². The SMILES string of the molecule is CCC(C)C(N)C(=O)NCC(=O)NC(CO)C(=O)NC(CC(=O)O)C(=O)O. The fourth-order valence-corrected chi connectivity index (χ4v) is 1.88. The van der Waals surface area contributed by atoms with Crippen LogP contribution in [0.15, 0.2) is 0 Å². The van der Waals surface area contributed by atoms with E-state index in [2.05, 4.69) is 10.6 Å². The van der Waals surface area contributed by atoms with Crippen molar-refractivity contribution in [1.29, 1.82) is 0 Å². The Balaban J connectivity index is 4.66. The number of carboxylic acid groups (broad SMARTS) is 2. The van der Waals surface area contributed by atoms with Crippen LogP contribution in [0.2, 0.25) is 0 Å². The molecular weight excluding hydrogens is 364 g/mol. The summed E-state index contributed by atoms with van der Waals surface area (Å²) >= 11 is 0. The molecule has 27 heavy (non-hydrogen) atoms. The number of nitrogens with one attached hydrogen (secondary N) is 3. The van der Waals surface area contributed by atoms with Crippen LogP contribution in [0.1, 0.15) is 26.7 Å². The van der Waals surface area contributed by atoms with Crippen molar-refractivity contribution in [1.82, 2.24) is 16.0 Å². The molecule has 0 rings (SSSR count). The maximum absolute atomic E-state index is 11.9. The Kier molecular flexibility index (Phi) is 10.6. The second kappa shape index (κ2) is 11.8. The topological polar surface area (TPSA) is 208 Å². The summed E-state index contributed by atoms with van der Waals surface area (Å²) in [5.74, 6) is -5.60. The fraction of sp³-hybridized carbons (Fsp3) is 0.667. The molecule has 12 heteroatoms. The summed E-state index contributed by atoms with van der Waals surface area (Å²) in [6.07, 6.45) is -0.217. The van der Waals surface area contributed by atoms with Crippen LogP contribution in [0.25, 0.3) is 0 Å². The smallest absolute Gasteiger partial charge is 0.326 e. The number of aliphatic hydroxyl groups is 1. The number of aliphatic hydroxyl groups excluding tert-OH is 1. The van der Waals surface area contributed by atoms with Crippen molar-refractivity contribution >= 4 is 29.7 Å². The molecule has 4 unspecified atom stereocenters. The van der Waals surface area contributed by atoms with Crippen molar-refractivity contribution in [2.75, 3.05) is 13.2 Å². The molecule has 12 nitrogen and oxygen atoms in total. The van der Waals surface area contributed by atoms with Crippen LogP contribution in [-0.2, 0) is 24.0 Å². The van der Waals surface area contributed by atoms with Crippen molar-refractivity contribution in [3.8, 4) is 0 Å². The molecule has 0 aromatic rings. The number of nitrogens with two attached hydrogens (primary N) is 1. The van der Waals surface area contributed by atoms with Gasteiger partial charge in [0.2, 0.25) is 17.7 Å². The highest BCUT2D eigenvalue weighted by Crippen LogP contribution is 2.04. The maximum atomic E-state index is 11.9. The first-order valence-electron chi connectivity index (χ1n) is 8.21. The molecule has 0 aliphatic heterocycles. The van der Waals surface area contributed by atoms with Gasteiger partial charge in [0.15, 0.2) is 0 Å². The van der Waals surface area contributed by atoms with Gasteiger partial charge in [-0.1, -0.05) is 20.3 Å². The molecule has 0 bridgehead atoms. The van der Waals surface area contributed by atoms with Crippen LogP contribution in [0.4, 0.5) is 0 Å². The van der Waals surface area contributed by atoms with E-state index in [0.29, 0.717) is 6.42 Å². The van der Waals surface area contributed by atoms with E-state index in [9.17, 15) is 29.1 Å². The number of carboxylic acids is 2. The molecule has 0 heterocycles. The lowest BCUT2D eigenvalue weighted by molar-refractivity contribution is -0.147. The third kappa shape index (κ3) is 8.96. The molecule has 0 saturated carbocycles. The van der Waals surface area contributed by atoms with Crippen molar-refractivity contribution in [2.45, 2.75) is 44.8 Å². The summed E-state index contributed by atoms with van der Waals surface area (Å²) in [7, 11) is 0. The normalized spacial score (nSPS) is 15.0. The number of hydrogen-bond acceptors (Lipinski definition) is 7. The second-order valence-corrected chi connectivity index (χ2v) is 5.93. The Labute approximate surface area is 155 Å². The lowest BCUT2D eigenvalue weighted by atomic mass is 9.99. The second-order valence-electron chi connectivity index (χ2n) is 5.93. The largest absolute Gasteiger partial charge is 0.481 e. The molecule has 0 aliphatic rings. The number of amides is 3. The lowest BCUT2D eigenvalue weighted by Gasteiger charge is -2.20. The Bertz CT molecular complexity index is 568. The lowest BCUT2D eigenvalue weighted by Crippen LogP contribution is -2.55. The molecule has 8 N–H and O–H groups in total. The first-order valence-corrected chi connectivity index (χ1v) is 8.21. The first-order chi connectivity index (χ1) is 12.5. The van der Waals surface area contributed by atoms with E-state index in [1.54, 1.807) is 6.92 Å². The molecule has 0 aromatic heterocycles. The molecule has 0 saturated heterocycles. The van der Waals surface area contributed by atoms with Gasteiger partial charge < -0.3 is 37.0 Å². The predicted molar refractivity (Wildman–Crippen MR) is 91.3 cm³/mol. The van der Waals surface area contributed by atoms with Crippen molar-refractivity contribution in [2.24, 2.45) is 11.7 Å². The molecule has 4 atom stereocenters. The highest BCUT2D eigenvalue weighted by atomic mass is 16.4. The van der Waals surface area contributed by atoms with E-state index in [1.807, 2.05) is 12.2 Å². The van der Waals surface area contributed by atoms with Gasteiger partial charge in [0, 0.05) is 0 Å². The quantitative estimate of drug-likeness (QED) is 0.181. The van der Waals surface area contributed by atoms with Gasteiger partial charge in [0.05, 0.1) is 25.6 Å². The van der Waals surface area contributed by atoms with Gasteiger partial charge in [0.25, 0.3) is 0 Å². The number of hydrogen-bond donors (Lipinski definition) is 7. The minimum absolute atomic E-state index is 0.105. The molecule has 0 spiro atoms. The summed E-state index contributed by atoms with van der Waals surface area (Å²) in [5, 5.41) is 33.0. The molecule has 0 aromatic carbocycles. The highest BCUT2D eigenvalue weighted by molar-refractivity contribution is 5.93. The van der Waals surface area contributed by atoms with E-state index in [0.717, 1.165) is 0 Å². The zero-order chi connectivity index (χ0) is 21.1. The number of carbonyl (C=O) groups excluding carboxylic acids is 3. The number of rotatable bonds is 12. The summed E-state index contributed by atoms with van der Waals surface area (Å²) in [5.41, 5.74) is 5.70. The predicted octanol–water partition coefficient (Wildman–Crippen LogP) is -3.00. The number of aliphatic carboxylic acids is 2. The molecular formula is C15H26N4O8. The fourth-order valence-electron chi connectivity index (χ4n) is 1.88. The van der Waals surface area contributed by atoms with E-state index >= 15 is 0 Å². The van der Waals surface area contributed by atoms with Gasteiger partial charge in [-0.15, -0.1) is 0 Å². The molecule has 3 amide bonds. The molecule has 0 fully saturated rings. The summed E-state index contributed by atoms with van der Waals surface area (Å²) in [4.78, 5) is 57.1. The van der Waals surface area contributed by atoms with Crippen LogP contribution >= 0.6 is 0 Å². The van der Waals surface area contributed by atoms with Gasteiger partial charge in [-0.25, -0.2) is 4.79 Å². The van der Waals surface area contributed by atoms with Crippen LogP contribution < -0.4 is 21.7 Å². The Hall–Kier alpha value is -2.73. The van der Waals surface area contributed by atoms with Crippen molar-refractivity contribution in [3.63, 3.8) is 0 Å². The molecule has 0 radical (unpaired) electrons. The third-order valence-corrected chi connectivity index (χ3v) is 3.81. The Morgan fingerprint density at radius 3 is 2.04 bits per heavy atom.